The molecule has 1 unspecified atom stereocenters. The van der Waals surface area contributed by atoms with E-state index in [0.29, 0.717) is 24.2 Å². The summed E-state index contributed by atoms with van der Waals surface area (Å²) in [5, 5.41) is 11.6. The molecule has 0 fully saturated rings. The van der Waals surface area contributed by atoms with Gasteiger partial charge < -0.3 is 20.6 Å². The molecule has 0 aliphatic rings. The van der Waals surface area contributed by atoms with E-state index in [1.807, 2.05) is 6.07 Å². The molecule has 7 nitrogen and oxygen atoms in total. The van der Waals surface area contributed by atoms with Gasteiger partial charge >= 0.3 is 11.7 Å². The molecule has 102 valence electrons. The molecule has 0 aliphatic carbocycles. The first-order valence-corrected chi connectivity index (χ1v) is 5.84. The zero-order valence-corrected chi connectivity index (χ0v) is 10.2. The molecule has 0 spiro atoms. The maximum Gasteiger partial charge on any atom is 0.417 e. The third-order valence-corrected chi connectivity index (χ3v) is 2.66. The maximum absolute atomic E-state index is 11.0. The third kappa shape index (κ3) is 3.67. The summed E-state index contributed by atoms with van der Waals surface area (Å²) < 4.78 is 4.95. The average molecular weight is 265 g/mol. The summed E-state index contributed by atoms with van der Waals surface area (Å²) in [6, 6.07) is 4.94. The summed E-state index contributed by atoms with van der Waals surface area (Å²) in [5.41, 5.74) is 7.70. The number of nitrogens with one attached hydrogen (secondary N) is 2. The number of fused-ring (bicyclic) bond motifs is 1. The topological polar surface area (TPSA) is 121 Å². The first-order valence-electron chi connectivity index (χ1n) is 5.84. The number of hydrogen-bond acceptors (Lipinski definition) is 5. The summed E-state index contributed by atoms with van der Waals surface area (Å²) in [6.07, 6.45) is -0.0707. The van der Waals surface area contributed by atoms with Gasteiger partial charge in [0.2, 0.25) is 0 Å². The van der Waals surface area contributed by atoms with Gasteiger partial charge in [-0.1, -0.05) is 6.07 Å². The van der Waals surface area contributed by atoms with Crippen LogP contribution in [-0.2, 0) is 11.3 Å². The Morgan fingerprint density at radius 3 is 3.05 bits per heavy atom. The second-order valence-corrected chi connectivity index (χ2v) is 4.33. The molecule has 0 bridgehead atoms. The van der Waals surface area contributed by atoms with Crippen molar-refractivity contribution >= 4 is 17.1 Å². The van der Waals surface area contributed by atoms with Crippen LogP contribution in [0, 0.1) is 0 Å². The van der Waals surface area contributed by atoms with Crippen molar-refractivity contribution < 1.29 is 14.3 Å². The summed E-state index contributed by atoms with van der Waals surface area (Å²) >= 11 is 0. The lowest BCUT2D eigenvalue weighted by molar-refractivity contribution is -0.137. The molecular weight excluding hydrogens is 250 g/mol. The standard InChI is InChI=1S/C12H15N3O4/c13-8(4-11(16)17)6-14-5-7-1-2-9-10(3-7)19-12(18)15-9/h1-3,8,14H,4-6,13H2,(H,15,18)(H,16,17). The monoisotopic (exact) mass is 265 g/mol. The average Bonchev–Trinajstić information content (AvgIpc) is 2.67. The van der Waals surface area contributed by atoms with Crippen LogP contribution in [0.5, 0.6) is 0 Å². The number of aromatic nitrogens is 1. The Hall–Kier alpha value is -2.12. The number of carbonyl (C=O) groups is 1. The highest BCUT2D eigenvalue weighted by molar-refractivity contribution is 5.72. The van der Waals surface area contributed by atoms with Gasteiger partial charge in [-0.25, -0.2) is 4.79 Å². The number of carboxylic acids is 1. The SMILES string of the molecule is NC(CNCc1ccc2[nH]c(=O)oc2c1)CC(=O)O. The Balaban J connectivity index is 1.91. The van der Waals surface area contributed by atoms with Crippen molar-refractivity contribution in [2.24, 2.45) is 5.73 Å². The van der Waals surface area contributed by atoms with Crippen molar-refractivity contribution in [2.45, 2.75) is 19.0 Å². The van der Waals surface area contributed by atoms with Crippen molar-refractivity contribution in [1.29, 1.82) is 0 Å². The number of benzene rings is 1. The highest BCUT2D eigenvalue weighted by atomic mass is 16.4. The fourth-order valence-corrected chi connectivity index (χ4v) is 1.80. The molecule has 0 amide bonds. The van der Waals surface area contributed by atoms with Crippen LogP contribution >= 0.6 is 0 Å². The number of nitrogens with two attached hydrogens (primary N) is 1. The fraction of sp³-hybridized carbons (Fsp3) is 0.333. The number of oxazole rings is 1. The summed E-state index contributed by atoms with van der Waals surface area (Å²) in [7, 11) is 0. The Morgan fingerprint density at radius 1 is 1.53 bits per heavy atom. The van der Waals surface area contributed by atoms with E-state index in [1.54, 1.807) is 12.1 Å². The molecule has 2 rings (SSSR count). The van der Waals surface area contributed by atoms with Crippen LogP contribution in [0.1, 0.15) is 12.0 Å². The number of carboxylic acid groups (broad SMARTS) is 1. The molecule has 1 aromatic carbocycles. The van der Waals surface area contributed by atoms with E-state index in [0.717, 1.165) is 5.56 Å². The van der Waals surface area contributed by atoms with Crippen molar-refractivity contribution in [1.82, 2.24) is 10.3 Å². The quantitative estimate of drug-likeness (QED) is 0.584. The molecule has 5 N–H and O–H groups in total. The second-order valence-electron chi connectivity index (χ2n) is 4.33. The van der Waals surface area contributed by atoms with Gasteiger partial charge in [0.05, 0.1) is 11.9 Å². The lowest BCUT2D eigenvalue weighted by Crippen LogP contribution is -2.35. The second kappa shape index (κ2) is 5.68. The number of hydrogen-bond donors (Lipinski definition) is 4. The predicted molar refractivity (Wildman–Crippen MR) is 68.8 cm³/mol. The number of aromatic amines is 1. The lowest BCUT2D eigenvalue weighted by Gasteiger charge is -2.10. The first kappa shape index (κ1) is 13.3. The molecule has 1 atom stereocenters. The molecule has 0 saturated carbocycles. The van der Waals surface area contributed by atoms with Gasteiger partial charge in [0.25, 0.3) is 0 Å². The molecule has 7 heteroatoms. The summed E-state index contributed by atoms with van der Waals surface area (Å²) in [4.78, 5) is 24.0. The number of H-pyrrole nitrogens is 1. The van der Waals surface area contributed by atoms with Gasteiger partial charge in [0.1, 0.15) is 0 Å². The minimum Gasteiger partial charge on any atom is -0.481 e. The van der Waals surface area contributed by atoms with Crippen molar-refractivity contribution in [3.05, 3.63) is 34.3 Å². The Bertz CT molecular complexity index is 631. The smallest absolute Gasteiger partial charge is 0.417 e. The van der Waals surface area contributed by atoms with E-state index < -0.39 is 17.8 Å². The van der Waals surface area contributed by atoms with Crippen LogP contribution in [0.3, 0.4) is 0 Å². The van der Waals surface area contributed by atoms with E-state index in [1.165, 1.54) is 0 Å². The largest absolute Gasteiger partial charge is 0.481 e. The van der Waals surface area contributed by atoms with Gasteiger partial charge in [0.15, 0.2) is 5.58 Å². The normalized spacial score (nSPS) is 12.7. The van der Waals surface area contributed by atoms with E-state index in [4.69, 9.17) is 15.3 Å². The van der Waals surface area contributed by atoms with Gasteiger partial charge in [-0.2, -0.15) is 0 Å². The number of aliphatic carboxylic acids is 1. The highest BCUT2D eigenvalue weighted by Crippen LogP contribution is 2.11. The third-order valence-electron chi connectivity index (χ3n) is 2.66. The minimum absolute atomic E-state index is 0.0707. The van der Waals surface area contributed by atoms with E-state index in [-0.39, 0.29) is 6.42 Å². The number of rotatable bonds is 6. The van der Waals surface area contributed by atoms with E-state index >= 15 is 0 Å². The lowest BCUT2D eigenvalue weighted by atomic mass is 10.2. The molecule has 0 radical (unpaired) electrons. The van der Waals surface area contributed by atoms with Crippen LogP contribution in [0.2, 0.25) is 0 Å². The molecular formula is C12H15N3O4. The molecule has 1 aromatic heterocycles. The van der Waals surface area contributed by atoms with Crippen molar-refractivity contribution in [3.63, 3.8) is 0 Å². The first-order chi connectivity index (χ1) is 9.04. The highest BCUT2D eigenvalue weighted by Gasteiger charge is 2.07. The van der Waals surface area contributed by atoms with E-state index in [9.17, 15) is 9.59 Å². The zero-order valence-electron chi connectivity index (χ0n) is 10.2. The molecule has 19 heavy (non-hydrogen) atoms. The maximum atomic E-state index is 11.0. The van der Waals surface area contributed by atoms with Crippen LogP contribution in [0.25, 0.3) is 11.1 Å². The fourth-order valence-electron chi connectivity index (χ4n) is 1.80. The molecule has 2 aromatic rings. The van der Waals surface area contributed by atoms with Gasteiger partial charge in [-0.15, -0.1) is 0 Å². The van der Waals surface area contributed by atoms with E-state index in [2.05, 4.69) is 10.3 Å². The van der Waals surface area contributed by atoms with Crippen LogP contribution in [0.15, 0.2) is 27.4 Å². The summed E-state index contributed by atoms with van der Waals surface area (Å²) in [6.45, 7) is 0.930. The van der Waals surface area contributed by atoms with Crippen LogP contribution in [-0.4, -0.2) is 28.6 Å². The summed E-state index contributed by atoms with van der Waals surface area (Å²) in [5.74, 6) is -1.39. The Labute approximate surface area is 108 Å². The zero-order chi connectivity index (χ0) is 13.8. The van der Waals surface area contributed by atoms with Crippen LogP contribution < -0.4 is 16.8 Å². The minimum atomic E-state index is -0.912. The van der Waals surface area contributed by atoms with Crippen LogP contribution in [0.4, 0.5) is 0 Å². The van der Waals surface area contributed by atoms with Gasteiger partial charge in [-0.05, 0) is 17.7 Å². The molecule has 1 heterocycles. The van der Waals surface area contributed by atoms with Crippen molar-refractivity contribution in [3.8, 4) is 0 Å². The van der Waals surface area contributed by atoms with Gasteiger partial charge in [0, 0.05) is 19.1 Å². The van der Waals surface area contributed by atoms with Crippen molar-refractivity contribution in [2.75, 3.05) is 6.54 Å². The molecule has 0 aliphatic heterocycles. The predicted octanol–water partition coefficient (Wildman–Crippen LogP) is 0.0127. The van der Waals surface area contributed by atoms with Gasteiger partial charge in [-0.3, -0.25) is 9.78 Å². The Morgan fingerprint density at radius 2 is 2.32 bits per heavy atom. The molecule has 0 saturated heterocycles. The Kier molecular flexibility index (Phi) is 3.98.